The lowest BCUT2D eigenvalue weighted by Gasteiger charge is -2.26. The molecule has 0 unspecified atom stereocenters. The largest absolute Gasteiger partial charge is 0.497 e. The van der Waals surface area contributed by atoms with Gasteiger partial charge in [-0.05, 0) is 31.5 Å². The monoisotopic (exact) mass is 207 g/mol. The SMILES string of the molecule is COc1cc2c(c(OC)c1)[C@@H](C)NCC2. The highest BCUT2D eigenvalue weighted by Gasteiger charge is 2.21. The molecule has 3 nitrogen and oxygen atoms in total. The molecule has 0 saturated carbocycles. The van der Waals surface area contributed by atoms with Gasteiger partial charge in [-0.1, -0.05) is 0 Å². The predicted octanol–water partition coefficient (Wildman–Crippen LogP) is 1.91. The van der Waals surface area contributed by atoms with E-state index in [1.165, 1.54) is 11.1 Å². The Morgan fingerprint density at radius 1 is 1.27 bits per heavy atom. The van der Waals surface area contributed by atoms with Crippen LogP contribution in [0.5, 0.6) is 11.5 Å². The third-order valence-electron chi connectivity index (χ3n) is 2.93. The molecule has 0 spiro atoms. The van der Waals surface area contributed by atoms with Gasteiger partial charge in [0.25, 0.3) is 0 Å². The third-order valence-corrected chi connectivity index (χ3v) is 2.93. The van der Waals surface area contributed by atoms with E-state index in [-0.39, 0.29) is 0 Å². The Labute approximate surface area is 90.4 Å². The first-order chi connectivity index (χ1) is 7.26. The molecular formula is C12H17NO2. The molecule has 0 radical (unpaired) electrons. The van der Waals surface area contributed by atoms with Gasteiger partial charge < -0.3 is 14.8 Å². The van der Waals surface area contributed by atoms with Crippen LogP contribution in [0.15, 0.2) is 12.1 Å². The normalized spacial score (nSPS) is 19.5. The molecule has 1 N–H and O–H groups in total. The summed E-state index contributed by atoms with van der Waals surface area (Å²) in [5.74, 6) is 1.80. The zero-order valence-electron chi connectivity index (χ0n) is 9.46. The molecule has 1 aromatic rings. The van der Waals surface area contributed by atoms with Crippen LogP contribution < -0.4 is 14.8 Å². The fraction of sp³-hybridized carbons (Fsp3) is 0.500. The van der Waals surface area contributed by atoms with Crippen molar-refractivity contribution in [2.24, 2.45) is 0 Å². The van der Waals surface area contributed by atoms with Crippen LogP contribution in [0.4, 0.5) is 0 Å². The number of rotatable bonds is 2. The summed E-state index contributed by atoms with van der Waals surface area (Å²) in [5, 5.41) is 3.43. The second-order valence-electron chi connectivity index (χ2n) is 3.83. The van der Waals surface area contributed by atoms with Crippen LogP contribution in [0.25, 0.3) is 0 Å². The first kappa shape index (κ1) is 10.3. The lowest BCUT2D eigenvalue weighted by molar-refractivity contribution is 0.380. The Kier molecular flexibility index (Phi) is 2.82. The fourth-order valence-corrected chi connectivity index (χ4v) is 2.17. The second kappa shape index (κ2) is 4.11. The van der Waals surface area contributed by atoms with Gasteiger partial charge in [0.2, 0.25) is 0 Å². The van der Waals surface area contributed by atoms with Gasteiger partial charge in [-0.3, -0.25) is 0 Å². The molecular weight excluding hydrogens is 190 g/mol. The summed E-state index contributed by atoms with van der Waals surface area (Å²) >= 11 is 0. The molecule has 1 atom stereocenters. The van der Waals surface area contributed by atoms with Crippen molar-refractivity contribution in [1.29, 1.82) is 0 Å². The minimum Gasteiger partial charge on any atom is -0.497 e. The zero-order chi connectivity index (χ0) is 10.8. The minimum atomic E-state index is 0.356. The Bertz CT molecular complexity index is 346. The van der Waals surface area contributed by atoms with Gasteiger partial charge in [0.15, 0.2) is 0 Å². The first-order valence-corrected chi connectivity index (χ1v) is 5.24. The van der Waals surface area contributed by atoms with E-state index >= 15 is 0 Å². The van der Waals surface area contributed by atoms with Crippen LogP contribution in [-0.4, -0.2) is 20.8 Å². The molecule has 1 aliphatic rings. The zero-order valence-corrected chi connectivity index (χ0v) is 9.46. The van der Waals surface area contributed by atoms with Crippen LogP contribution >= 0.6 is 0 Å². The van der Waals surface area contributed by atoms with E-state index in [0.717, 1.165) is 24.5 Å². The molecule has 15 heavy (non-hydrogen) atoms. The third kappa shape index (κ3) is 1.79. The molecule has 1 aromatic carbocycles. The molecule has 1 heterocycles. The molecule has 0 aliphatic carbocycles. The second-order valence-corrected chi connectivity index (χ2v) is 3.83. The van der Waals surface area contributed by atoms with Crippen molar-refractivity contribution in [3.63, 3.8) is 0 Å². The average molecular weight is 207 g/mol. The summed E-state index contributed by atoms with van der Waals surface area (Å²) in [6.45, 7) is 3.18. The van der Waals surface area contributed by atoms with Gasteiger partial charge in [0.05, 0.1) is 14.2 Å². The van der Waals surface area contributed by atoms with E-state index < -0.39 is 0 Å². The quantitative estimate of drug-likeness (QED) is 0.803. The standard InChI is InChI=1S/C12H17NO2/c1-8-12-9(4-5-13-8)6-10(14-2)7-11(12)15-3/h6-8,13H,4-5H2,1-3H3/t8-/m1/s1. The van der Waals surface area contributed by atoms with Crippen molar-refractivity contribution in [2.75, 3.05) is 20.8 Å². The first-order valence-electron chi connectivity index (χ1n) is 5.24. The van der Waals surface area contributed by atoms with Gasteiger partial charge >= 0.3 is 0 Å². The lowest BCUT2D eigenvalue weighted by atomic mass is 9.94. The number of nitrogens with one attached hydrogen (secondary N) is 1. The van der Waals surface area contributed by atoms with Gasteiger partial charge in [-0.15, -0.1) is 0 Å². The van der Waals surface area contributed by atoms with Crippen molar-refractivity contribution in [3.05, 3.63) is 23.3 Å². The highest BCUT2D eigenvalue weighted by atomic mass is 16.5. The van der Waals surface area contributed by atoms with E-state index in [9.17, 15) is 0 Å². The van der Waals surface area contributed by atoms with Crippen LogP contribution in [0.1, 0.15) is 24.1 Å². The van der Waals surface area contributed by atoms with Gasteiger partial charge in [-0.2, -0.15) is 0 Å². The Morgan fingerprint density at radius 3 is 2.73 bits per heavy atom. The topological polar surface area (TPSA) is 30.5 Å². The number of benzene rings is 1. The van der Waals surface area contributed by atoms with Crippen molar-refractivity contribution >= 4 is 0 Å². The average Bonchev–Trinajstić information content (AvgIpc) is 2.27. The van der Waals surface area contributed by atoms with Crippen molar-refractivity contribution in [1.82, 2.24) is 5.32 Å². The molecule has 0 fully saturated rings. The highest BCUT2D eigenvalue weighted by molar-refractivity contribution is 5.49. The van der Waals surface area contributed by atoms with Gasteiger partial charge in [-0.25, -0.2) is 0 Å². The number of hydrogen-bond donors (Lipinski definition) is 1. The maximum atomic E-state index is 5.41. The van der Waals surface area contributed by atoms with E-state index in [2.05, 4.69) is 18.3 Å². The maximum Gasteiger partial charge on any atom is 0.127 e. The summed E-state index contributed by atoms with van der Waals surface area (Å²) in [6.07, 6.45) is 1.03. The van der Waals surface area contributed by atoms with Crippen molar-refractivity contribution < 1.29 is 9.47 Å². The maximum absolute atomic E-state index is 5.41. The van der Waals surface area contributed by atoms with Crippen molar-refractivity contribution in [3.8, 4) is 11.5 Å². The number of methoxy groups -OCH3 is 2. The molecule has 0 saturated heterocycles. The Hall–Kier alpha value is -1.22. The summed E-state index contributed by atoms with van der Waals surface area (Å²) < 4.78 is 10.7. The van der Waals surface area contributed by atoms with Gasteiger partial charge in [0.1, 0.15) is 11.5 Å². The van der Waals surface area contributed by atoms with Gasteiger partial charge in [0, 0.05) is 17.7 Å². The van der Waals surface area contributed by atoms with E-state index in [1.54, 1.807) is 14.2 Å². The minimum absolute atomic E-state index is 0.356. The van der Waals surface area contributed by atoms with E-state index in [1.807, 2.05) is 6.07 Å². The lowest BCUT2D eigenvalue weighted by Crippen LogP contribution is -2.28. The smallest absolute Gasteiger partial charge is 0.127 e. The summed E-state index contributed by atoms with van der Waals surface area (Å²) in [7, 11) is 3.39. The van der Waals surface area contributed by atoms with Crippen LogP contribution in [-0.2, 0) is 6.42 Å². The molecule has 0 aromatic heterocycles. The number of fused-ring (bicyclic) bond motifs is 1. The van der Waals surface area contributed by atoms with Crippen LogP contribution in [0.3, 0.4) is 0 Å². The molecule has 3 heteroatoms. The van der Waals surface area contributed by atoms with E-state index in [4.69, 9.17) is 9.47 Å². The molecule has 1 aliphatic heterocycles. The number of hydrogen-bond acceptors (Lipinski definition) is 3. The molecule has 2 rings (SSSR count). The number of ether oxygens (including phenoxy) is 2. The summed E-state index contributed by atoms with van der Waals surface area (Å²) in [4.78, 5) is 0. The predicted molar refractivity (Wildman–Crippen MR) is 59.7 cm³/mol. The Morgan fingerprint density at radius 2 is 2.07 bits per heavy atom. The van der Waals surface area contributed by atoms with Crippen LogP contribution in [0, 0.1) is 0 Å². The van der Waals surface area contributed by atoms with Crippen LogP contribution in [0.2, 0.25) is 0 Å². The molecule has 0 amide bonds. The van der Waals surface area contributed by atoms with E-state index in [0.29, 0.717) is 6.04 Å². The highest BCUT2D eigenvalue weighted by Crippen LogP contribution is 2.35. The molecule has 0 bridgehead atoms. The van der Waals surface area contributed by atoms with Crippen molar-refractivity contribution in [2.45, 2.75) is 19.4 Å². The Balaban J connectivity index is 2.52. The fourth-order valence-electron chi connectivity index (χ4n) is 2.17. The summed E-state index contributed by atoms with van der Waals surface area (Å²) in [5.41, 5.74) is 2.60. The molecule has 82 valence electrons. The summed E-state index contributed by atoms with van der Waals surface area (Å²) in [6, 6.07) is 4.41.